The molecule has 1 fully saturated rings. The Labute approximate surface area is 400 Å². The third kappa shape index (κ3) is 36.3. The van der Waals surface area contributed by atoms with Crippen LogP contribution in [0.1, 0.15) is 271 Å². The Morgan fingerprint density at radius 3 is 1.29 bits per heavy atom. The number of ether oxygens (including phenoxy) is 2. The molecular weight excluding hydrogens is 815 g/mol. The van der Waals surface area contributed by atoms with Crippen molar-refractivity contribution in [2.75, 3.05) is 13.2 Å². The second kappa shape index (κ2) is 46.4. The average Bonchev–Trinajstić information content (AvgIpc) is 3.31. The van der Waals surface area contributed by atoms with Gasteiger partial charge < -0.3 is 40.3 Å². The monoisotopic (exact) mass is 922 g/mol. The van der Waals surface area contributed by atoms with E-state index in [2.05, 4.69) is 31.3 Å². The lowest BCUT2D eigenvalue weighted by Crippen LogP contribution is -2.60. The molecule has 0 aliphatic carbocycles. The molecule has 0 saturated carbocycles. The topological polar surface area (TPSA) is 149 Å². The van der Waals surface area contributed by atoms with Crippen molar-refractivity contribution in [1.82, 2.24) is 5.32 Å². The molecule has 6 N–H and O–H groups in total. The van der Waals surface area contributed by atoms with Crippen molar-refractivity contribution in [3.63, 3.8) is 0 Å². The van der Waals surface area contributed by atoms with Crippen LogP contribution in [0.2, 0.25) is 0 Å². The maximum Gasteiger partial charge on any atom is 0.220 e. The summed E-state index contributed by atoms with van der Waals surface area (Å²) >= 11 is 0. The SMILES string of the molecule is CCCCCCCCCCCCCCCCCCCCCCCCCCC/C=C/CC/C=C/C(O)C(COC1OC(CO)C(O)C(O)C1O)NC(=O)CCCCCCCCCCCCC. The molecule has 0 aromatic rings. The first-order chi connectivity index (χ1) is 31.8. The van der Waals surface area contributed by atoms with E-state index in [1.54, 1.807) is 6.08 Å². The Morgan fingerprint density at radius 2 is 0.877 bits per heavy atom. The van der Waals surface area contributed by atoms with Crippen LogP contribution in [0.4, 0.5) is 0 Å². The Kier molecular flexibility index (Phi) is 44.0. The lowest BCUT2D eigenvalue weighted by atomic mass is 9.99. The lowest BCUT2D eigenvalue weighted by Gasteiger charge is -2.40. The Morgan fingerprint density at radius 1 is 0.508 bits per heavy atom. The molecule has 0 bridgehead atoms. The predicted octanol–water partition coefficient (Wildman–Crippen LogP) is 13.4. The van der Waals surface area contributed by atoms with Crippen molar-refractivity contribution < 1.29 is 39.8 Å². The summed E-state index contributed by atoms with van der Waals surface area (Å²) in [6.45, 7) is 3.77. The third-order valence-corrected chi connectivity index (χ3v) is 13.5. The van der Waals surface area contributed by atoms with Crippen molar-refractivity contribution in [2.45, 2.75) is 314 Å². The smallest absolute Gasteiger partial charge is 0.220 e. The van der Waals surface area contributed by atoms with E-state index in [0.29, 0.717) is 6.42 Å². The molecule has 0 radical (unpaired) electrons. The molecule has 7 unspecified atom stereocenters. The maximum absolute atomic E-state index is 12.9. The molecule has 9 heteroatoms. The van der Waals surface area contributed by atoms with Gasteiger partial charge in [0.25, 0.3) is 0 Å². The highest BCUT2D eigenvalue weighted by Gasteiger charge is 2.44. The minimum atomic E-state index is -1.57. The molecule has 384 valence electrons. The number of aliphatic hydroxyl groups is 5. The van der Waals surface area contributed by atoms with Crippen LogP contribution in [-0.2, 0) is 14.3 Å². The normalized spacial score (nSPS) is 20.0. The first-order valence-electron chi connectivity index (χ1n) is 28.1. The second-order valence-electron chi connectivity index (χ2n) is 19.7. The molecule has 65 heavy (non-hydrogen) atoms. The number of carbonyl (C=O) groups excluding carboxylic acids is 1. The highest BCUT2D eigenvalue weighted by molar-refractivity contribution is 5.76. The number of hydrogen-bond donors (Lipinski definition) is 6. The summed E-state index contributed by atoms with van der Waals surface area (Å²) in [6, 6.07) is -0.817. The van der Waals surface area contributed by atoms with Gasteiger partial charge in [-0.3, -0.25) is 4.79 Å². The number of nitrogens with one attached hydrogen (secondary N) is 1. The highest BCUT2D eigenvalue weighted by atomic mass is 16.7. The van der Waals surface area contributed by atoms with E-state index in [-0.39, 0.29) is 12.5 Å². The number of rotatable bonds is 48. The van der Waals surface area contributed by atoms with Crippen molar-refractivity contribution in [3.05, 3.63) is 24.3 Å². The fourth-order valence-electron chi connectivity index (χ4n) is 9.06. The average molecular weight is 922 g/mol. The fraction of sp³-hybridized carbons (Fsp3) is 0.911. The Bertz CT molecular complexity index is 1070. The molecule has 1 rings (SSSR count). The molecule has 1 aliphatic rings. The number of aliphatic hydroxyl groups excluding tert-OH is 5. The summed E-state index contributed by atoms with van der Waals surface area (Å²) in [5.41, 5.74) is 0. The minimum Gasteiger partial charge on any atom is -0.394 e. The van der Waals surface area contributed by atoms with Crippen LogP contribution in [0, 0.1) is 0 Å². The van der Waals surface area contributed by atoms with E-state index in [9.17, 15) is 30.3 Å². The number of allylic oxidation sites excluding steroid dienone is 3. The third-order valence-electron chi connectivity index (χ3n) is 13.5. The lowest BCUT2D eigenvalue weighted by molar-refractivity contribution is -0.302. The van der Waals surface area contributed by atoms with Crippen LogP contribution in [0.3, 0.4) is 0 Å². The minimum absolute atomic E-state index is 0.186. The summed E-state index contributed by atoms with van der Waals surface area (Å²) < 4.78 is 11.2. The van der Waals surface area contributed by atoms with E-state index >= 15 is 0 Å². The van der Waals surface area contributed by atoms with Gasteiger partial charge in [-0.1, -0.05) is 256 Å². The van der Waals surface area contributed by atoms with Gasteiger partial charge in [-0.15, -0.1) is 0 Å². The summed E-state index contributed by atoms with van der Waals surface area (Å²) in [4.78, 5) is 12.9. The van der Waals surface area contributed by atoms with Crippen molar-refractivity contribution in [2.24, 2.45) is 0 Å². The van der Waals surface area contributed by atoms with Gasteiger partial charge in [-0.05, 0) is 32.1 Å². The first kappa shape index (κ1) is 61.7. The van der Waals surface area contributed by atoms with Crippen LogP contribution in [0.15, 0.2) is 24.3 Å². The number of amides is 1. The standard InChI is InChI=1S/C56H107NO8/c1-3-5-7-9-11-13-15-16-17-18-19-20-21-22-23-24-25-26-27-28-29-30-31-32-33-34-36-37-39-41-43-45-50(59)49(48-64-56-55(63)54(62)53(61)51(47-58)65-56)57-52(60)46-44-42-40-38-35-14-12-10-8-6-4-2/h36-37,43,45,49-51,53-56,58-59,61-63H,3-35,38-42,44,46-48H2,1-2H3,(H,57,60)/b37-36+,45-43+. The predicted molar refractivity (Wildman–Crippen MR) is 272 cm³/mol. The van der Waals surface area contributed by atoms with Crippen LogP contribution in [0.5, 0.6) is 0 Å². The highest BCUT2D eigenvalue weighted by Crippen LogP contribution is 2.23. The summed E-state index contributed by atoms with van der Waals surface area (Å²) in [5.74, 6) is -0.186. The first-order valence-corrected chi connectivity index (χ1v) is 28.1. The molecular formula is C56H107NO8. The Balaban J connectivity index is 2.16. The number of carbonyl (C=O) groups is 1. The van der Waals surface area contributed by atoms with E-state index in [4.69, 9.17) is 9.47 Å². The van der Waals surface area contributed by atoms with Crippen LogP contribution >= 0.6 is 0 Å². The van der Waals surface area contributed by atoms with Crippen molar-refractivity contribution in [3.8, 4) is 0 Å². The summed E-state index contributed by atoms with van der Waals surface area (Å²) in [7, 11) is 0. The molecule has 1 aliphatic heterocycles. The maximum atomic E-state index is 12.9. The van der Waals surface area contributed by atoms with Crippen molar-refractivity contribution >= 4 is 5.91 Å². The molecule has 7 atom stereocenters. The summed E-state index contributed by atoms with van der Waals surface area (Å²) in [6.07, 6.45) is 51.3. The molecule has 9 nitrogen and oxygen atoms in total. The van der Waals surface area contributed by atoms with Gasteiger partial charge >= 0.3 is 0 Å². The molecule has 0 aromatic carbocycles. The number of hydrogen-bond acceptors (Lipinski definition) is 8. The van der Waals surface area contributed by atoms with Gasteiger partial charge in [0.15, 0.2) is 6.29 Å². The van der Waals surface area contributed by atoms with Gasteiger partial charge in [0.1, 0.15) is 24.4 Å². The largest absolute Gasteiger partial charge is 0.394 e. The number of unbranched alkanes of at least 4 members (excludes halogenated alkanes) is 36. The molecule has 0 spiro atoms. The van der Waals surface area contributed by atoms with E-state index in [1.807, 2.05) is 6.08 Å². The molecule has 1 heterocycles. The van der Waals surface area contributed by atoms with Gasteiger partial charge in [-0.2, -0.15) is 0 Å². The van der Waals surface area contributed by atoms with Gasteiger partial charge in [-0.25, -0.2) is 0 Å². The zero-order valence-electron chi connectivity index (χ0n) is 42.5. The molecule has 0 aromatic heterocycles. The molecule has 1 saturated heterocycles. The zero-order valence-corrected chi connectivity index (χ0v) is 42.5. The molecule has 1 amide bonds. The van der Waals surface area contributed by atoms with Gasteiger partial charge in [0.05, 0.1) is 25.4 Å². The van der Waals surface area contributed by atoms with Crippen LogP contribution < -0.4 is 5.32 Å². The van der Waals surface area contributed by atoms with Crippen LogP contribution in [-0.4, -0.2) is 87.5 Å². The zero-order chi connectivity index (χ0) is 47.3. The van der Waals surface area contributed by atoms with E-state index in [1.165, 1.54) is 212 Å². The van der Waals surface area contributed by atoms with Gasteiger partial charge in [0, 0.05) is 6.42 Å². The second-order valence-corrected chi connectivity index (χ2v) is 19.7. The van der Waals surface area contributed by atoms with E-state index < -0.39 is 49.5 Å². The summed E-state index contributed by atoms with van der Waals surface area (Å²) in [5, 5.41) is 54.3. The van der Waals surface area contributed by atoms with Crippen LogP contribution in [0.25, 0.3) is 0 Å². The van der Waals surface area contributed by atoms with Gasteiger partial charge in [0.2, 0.25) is 5.91 Å². The Hall–Kier alpha value is -1.33. The van der Waals surface area contributed by atoms with E-state index in [0.717, 1.165) is 38.5 Å². The van der Waals surface area contributed by atoms with Crippen molar-refractivity contribution in [1.29, 1.82) is 0 Å². The quantitative estimate of drug-likeness (QED) is 0.0261. The fourth-order valence-corrected chi connectivity index (χ4v) is 9.06.